The van der Waals surface area contributed by atoms with Crippen LogP contribution in [0.25, 0.3) is 0 Å². The lowest BCUT2D eigenvalue weighted by atomic mass is 10.3. The number of hydrogen-bond acceptors (Lipinski definition) is 5. The number of halogens is 1. The summed E-state index contributed by atoms with van der Waals surface area (Å²) in [5.74, 6) is 0.600. The number of pyridine rings is 1. The molecule has 0 unspecified atom stereocenters. The molecule has 0 radical (unpaired) electrons. The molecule has 2 rings (SSSR count). The number of anilines is 1. The first kappa shape index (κ1) is 15.7. The highest BCUT2D eigenvalue weighted by Gasteiger charge is 2.16. The molecule has 0 spiro atoms. The van der Waals surface area contributed by atoms with Gasteiger partial charge in [-0.15, -0.1) is 0 Å². The number of rotatable bonds is 5. The summed E-state index contributed by atoms with van der Waals surface area (Å²) < 4.78 is 32.5. The average molecular weight is 373 g/mol. The van der Waals surface area contributed by atoms with Crippen LogP contribution >= 0.6 is 15.9 Å². The van der Waals surface area contributed by atoms with E-state index in [9.17, 15) is 8.42 Å². The minimum atomic E-state index is -3.78. The van der Waals surface area contributed by atoms with Gasteiger partial charge in [0.2, 0.25) is 0 Å². The van der Waals surface area contributed by atoms with Gasteiger partial charge in [-0.05, 0) is 45.8 Å². The average Bonchev–Trinajstić information content (AvgIpc) is 2.47. The zero-order chi connectivity index (χ0) is 15.5. The molecule has 2 aromatic rings. The Hall–Kier alpha value is -1.64. The number of nitrogens with zero attached hydrogens (tertiary/aromatic N) is 1. The van der Waals surface area contributed by atoms with Crippen LogP contribution in [-0.4, -0.2) is 25.6 Å². The minimum absolute atomic E-state index is 0.119. The molecule has 1 heterocycles. The Bertz CT molecular complexity index is 732. The number of hydrogen-bond donors (Lipinski definition) is 2. The Labute approximate surface area is 131 Å². The van der Waals surface area contributed by atoms with Crippen LogP contribution in [0.1, 0.15) is 5.56 Å². The zero-order valence-corrected chi connectivity index (χ0v) is 13.5. The summed E-state index contributed by atoms with van der Waals surface area (Å²) in [4.78, 5) is 3.83. The van der Waals surface area contributed by atoms with Gasteiger partial charge in [0.15, 0.2) is 5.03 Å². The van der Waals surface area contributed by atoms with E-state index in [2.05, 4.69) is 25.6 Å². The summed E-state index contributed by atoms with van der Waals surface area (Å²) in [6, 6.07) is 7.67. The quantitative estimate of drug-likeness (QED) is 0.839. The topological polar surface area (TPSA) is 88.5 Å². The van der Waals surface area contributed by atoms with Gasteiger partial charge in [-0.3, -0.25) is 4.72 Å². The maximum absolute atomic E-state index is 12.2. The summed E-state index contributed by atoms with van der Waals surface area (Å²) in [6.07, 6.45) is 1.32. The third-order valence-electron chi connectivity index (χ3n) is 2.66. The molecule has 8 heteroatoms. The molecule has 0 amide bonds. The van der Waals surface area contributed by atoms with E-state index < -0.39 is 10.0 Å². The van der Waals surface area contributed by atoms with Gasteiger partial charge < -0.3 is 9.84 Å². The maximum Gasteiger partial charge on any atom is 0.279 e. The molecule has 2 N–H and O–H groups in total. The Morgan fingerprint density at radius 2 is 2.10 bits per heavy atom. The smallest absolute Gasteiger partial charge is 0.279 e. The van der Waals surface area contributed by atoms with Crippen molar-refractivity contribution in [1.82, 2.24) is 4.98 Å². The molecule has 0 saturated heterocycles. The molecule has 1 aromatic carbocycles. The van der Waals surface area contributed by atoms with Crippen molar-refractivity contribution < 1.29 is 18.3 Å². The van der Waals surface area contributed by atoms with E-state index in [0.29, 0.717) is 21.5 Å². The first-order valence-electron chi connectivity index (χ1n) is 5.88. The monoisotopic (exact) mass is 372 g/mol. The molecule has 0 saturated carbocycles. The summed E-state index contributed by atoms with van der Waals surface area (Å²) in [5, 5.41) is 8.81. The maximum atomic E-state index is 12.2. The second-order valence-electron chi connectivity index (χ2n) is 4.12. The van der Waals surface area contributed by atoms with Crippen molar-refractivity contribution >= 4 is 31.6 Å². The van der Waals surface area contributed by atoms with Crippen LogP contribution in [0.3, 0.4) is 0 Å². The van der Waals surface area contributed by atoms with Gasteiger partial charge in [-0.1, -0.05) is 6.07 Å². The molecular weight excluding hydrogens is 360 g/mol. The number of methoxy groups -OCH3 is 1. The molecular formula is C13H13BrN2O4S. The lowest BCUT2D eigenvalue weighted by molar-refractivity contribution is 0.281. The van der Waals surface area contributed by atoms with Crippen LogP contribution in [0.15, 0.2) is 46.0 Å². The van der Waals surface area contributed by atoms with Gasteiger partial charge in [0.05, 0.1) is 23.9 Å². The van der Waals surface area contributed by atoms with Crippen LogP contribution < -0.4 is 9.46 Å². The first-order valence-corrected chi connectivity index (χ1v) is 8.16. The Kier molecular flexibility index (Phi) is 4.81. The van der Waals surface area contributed by atoms with E-state index in [1.165, 1.54) is 25.4 Å². The molecule has 0 aliphatic carbocycles. The predicted octanol–water partition coefficient (Wildman–Crippen LogP) is 2.15. The molecule has 0 atom stereocenters. The number of aliphatic hydroxyl groups is 1. The van der Waals surface area contributed by atoms with Crippen LogP contribution in [0.5, 0.6) is 5.75 Å². The predicted molar refractivity (Wildman–Crippen MR) is 81.7 cm³/mol. The molecule has 1 aromatic heterocycles. The number of sulfonamides is 1. The van der Waals surface area contributed by atoms with Crippen molar-refractivity contribution in [3.8, 4) is 5.75 Å². The van der Waals surface area contributed by atoms with Crippen LogP contribution in [0, 0.1) is 0 Å². The largest absolute Gasteiger partial charge is 0.496 e. The molecule has 6 nitrogen and oxygen atoms in total. The number of aromatic nitrogens is 1. The van der Waals surface area contributed by atoms with Gasteiger partial charge in [0.1, 0.15) is 5.75 Å². The van der Waals surface area contributed by atoms with Gasteiger partial charge in [-0.25, -0.2) is 4.98 Å². The highest BCUT2D eigenvalue weighted by molar-refractivity contribution is 9.10. The van der Waals surface area contributed by atoms with Gasteiger partial charge >= 0.3 is 0 Å². The Morgan fingerprint density at radius 1 is 1.33 bits per heavy atom. The van der Waals surface area contributed by atoms with Gasteiger partial charge in [0.25, 0.3) is 10.0 Å². The lowest BCUT2D eigenvalue weighted by Gasteiger charge is -2.09. The third kappa shape index (κ3) is 3.72. The minimum Gasteiger partial charge on any atom is -0.496 e. The van der Waals surface area contributed by atoms with E-state index in [1.54, 1.807) is 18.2 Å². The fourth-order valence-corrected chi connectivity index (χ4v) is 3.12. The lowest BCUT2D eigenvalue weighted by Crippen LogP contribution is -2.14. The highest BCUT2D eigenvalue weighted by Crippen LogP contribution is 2.28. The van der Waals surface area contributed by atoms with E-state index in [4.69, 9.17) is 9.84 Å². The van der Waals surface area contributed by atoms with Crippen molar-refractivity contribution in [2.75, 3.05) is 11.8 Å². The Morgan fingerprint density at radius 3 is 2.62 bits per heavy atom. The van der Waals surface area contributed by atoms with E-state index in [0.717, 1.165) is 0 Å². The van der Waals surface area contributed by atoms with Crippen LogP contribution in [0.4, 0.5) is 5.69 Å². The zero-order valence-electron chi connectivity index (χ0n) is 11.1. The second-order valence-corrected chi connectivity index (χ2v) is 6.60. The Balaban J connectivity index is 2.26. The molecule has 0 aliphatic rings. The van der Waals surface area contributed by atoms with Crippen LogP contribution in [-0.2, 0) is 16.6 Å². The normalized spacial score (nSPS) is 11.2. The van der Waals surface area contributed by atoms with Crippen molar-refractivity contribution in [1.29, 1.82) is 0 Å². The van der Waals surface area contributed by atoms with Crippen molar-refractivity contribution in [3.63, 3.8) is 0 Å². The van der Waals surface area contributed by atoms with Gasteiger partial charge in [-0.2, -0.15) is 8.42 Å². The number of nitrogens with one attached hydrogen (secondary N) is 1. The van der Waals surface area contributed by atoms with E-state index >= 15 is 0 Å². The summed E-state index contributed by atoms with van der Waals surface area (Å²) in [5.41, 5.74) is 0.928. The van der Waals surface area contributed by atoms with E-state index in [-0.39, 0.29) is 11.6 Å². The van der Waals surface area contributed by atoms with Crippen LogP contribution in [0.2, 0.25) is 0 Å². The summed E-state index contributed by atoms with van der Waals surface area (Å²) >= 11 is 3.29. The number of aliphatic hydroxyl groups excluding tert-OH is 1. The second kappa shape index (κ2) is 6.42. The highest BCUT2D eigenvalue weighted by atomic mass is 79.9. The van der Waals surface area contributed by atoms with Crippen molar-refractivity contribution in [2.45, 2.75) is 11.6 Å². The van der Waals surface area contributed by atoms with Crippen molar-refractivity contribution in [3.05, 3.63) is 46.6 Å². The SMILES string of the molecule is COc1ccc(NS(=O)(=O)c2ccc(CO)cn2)cc1Br. The fourth-order valence-electron chi connectivity index (χ4n) is 1.60. The fraction of sp³-hybridized carbons (Fsp3) is 0.154. The van der Waals surface area contributed by atoms with Crippen molar-refractivity contribution in [2.24, 2.45) is 0 Å². The van der Waals surface area contributed by atoms with E-state index in [1.807, 2.05) is 0 Å². The molecule has 0 fully saturated rings. The molecule has 0 aliphatic heterocycles. The molecule has 0 bridgehead atoms. The molecule has 112 valence electrons. The summed E-state index contributed by atoms with van der Waals surface area (Å²) in [7, 11) is -2.25. The van der Waals surface area contributed by atoms with Gasteiger partial charge in [0, 0.05) is 6.20 Å². The molecule has 21 heavy (non-hydrogen) atoms. The number of ether oxygens (including phenoxy) is 1. The summed E-state index contributed by atoms with van der Waals surface area (Å²) in [6.45, 7) is -0.188. The first-order chi connectivity index (χ1) is 9.96. The standard InChI is InChI=1S/C13H13BrN2O4S/c1-20-12-4-3-10(6-11(12)14)16-21(18,19)13-5-2-9(8-17)7-15-13/h2-7,16-17H,8H2,1H3. The number of benzene rings is 1. The third-order valence-corrected chi connectivity index (χ3v) is 4.58.